The van der Waals surface area contributed by atoms with E-state index in [1.165, 1.54) is 12.1 Å². The lowest BCUT2D eigenvalue weighted by atomic mass is 9.93. The molecule has 1 heterocycles. The summed E-state index contributed by atoms with van der Waals surface area (Å²) in [4.78, 5) is 10.9. The van der Waals surface area contributed by atoms with Gasteiger partial charge in [-0.25, -0.2) is 0 Å². The molecule has 0 saturated carbocycles. The van der Waals surface area contributed by atoms with E-state index in [4.69, 9.17) is 8.92 Å². The zero-order valence-corrected chi connectivity index (χ0v) is 21.9. The summed E-state index contributed by atoms with van der Waals surface area (Å²) < 4.78 is 78.3. The lowest BCUT2D eigenvalue weighted by molar-refractivity contribution is -0.383. The van der Waals surface area contributed by atoms with Crippen LogP contribution in [0.3, 0.4) is 0 Å². The van der Waals surface area contributed by atoms with Gasteiger partial charge in [-0.3, -0.25) is 14.3 Å². The Balaban J connectivity index is 1.79. The maximum atomic E-state index is 13.1. The van der Waals surface area contributed by atoms with Gasteiger partial charge in [-0.1, -0.05) is 17.7 Å². The largest absolute Gasteiger partial charge is 0.493 e. The molecular formula is C26H27F3N2O6S. The van der Waals surface area contributed by atoms with Crippen molar-refractivity contribution >= 4 is 26.7 Å². The predicted molar refractivity (Wildman–Crippen MR) is 135 cm³/mol. The van der Waals surface area contributed by atoms with E-state index >= 15 is 0 Å². The Labute approximate surface area is 217 Å². The van der Waals surface area contributed by atoms with Crippen molar-refractivity contribution < 1.29 is 35.4 Å². The third-order valence-electron chi connectivity index (χ3n) is 6.39. The van der Waals surface area contributed by atoms with Crippen LogP contribution in [0.5, 0.6) is 5.75 Å². The summed E-state index contributed by atoms with van der Waals surface area (Å²) in [6.07, 6.45) is -2.94. The first kappa shape index (κ1) is 27.6. The molecule has 0 spiro atoms. The first-order valence-corrected chi connectivity index (χ1v) is 13.4. The van der Waals surface area contributed by atoms with Gasteiger partial charge in [0, 0.05) is 24.7 Å². The summed E-state index contributed by atoms with van der Waals surface area (Å²) >= 11 is 0. The van der Waals surface area contributed by atoms with Crippen LogP contribution in [0.1, 0.15) is 44.0 Å². The Hall–Kier alpha value is -3.38. The van der Waals surface area contributed by atoms with Gasteiger partial charge >= 0.3 is 6.18 Å². The van der Waals surface area contributed by atoms with E-state index in [1.807, 2.05) is 24.5 Å². The standard InChI is InChI=1S/C26H27F3N2O6S/c1-4-36-23-11-10-22(31(32)33)25-24(23)20-15-18(8-9-21(20)30(25)13-12-16(2)3)37-38(34,35)19-7-5-6-17(14-19)26(27,28)29/h5-7,10-12,14,18H,4,8-9,13,15H2,1-3H3. The minimum absolute atomic E-state index is 0.0904. The molecule has 0 N–H and O–H groups in total. The molecule has 8 nitrogen and oxygen atoms in total. The Morgan fingerprint density at radius 1 is 1.24 bits per heavy atom. The summed E-state index contributed by atoms with van der Waals surface area (Å²) in [5, 5.41) is 12.5. The maximum absolute atomic E-state index is 13.1. The van der Waals surface area contributed by atoms with E-state index in [1.54, 1.807) is 6.92 Å². The molecule has 1 unspecified atom stereocenters. The van der Waals surface area contributed by atoms with Crippen LogP contribution >= 0.6 is 0 Å². The number of hydrogen-bond donors (Lipinski definition) is 0. The van der Waals surface area contributed by atoms with Crippen LogP contribution < -0.4 is 4.74 Å². The molecule has 12 heteroatoms. The number of nitro groups is 1. The van der Waals surface area contributed by atoms with Gasteiger partial charge in [-0.2, -0.15) is 21.6 Å². The number of nitrogens with zero attached hydrogens (tertiary/aromatic N) is 2. The van der Waals surface area contributed by atoms with Crippen LogP contribution in [0, 0.1) is 10.1 Å². The van der Waals surface area contributed by atoms with Crippen molar-refractivity contribution in [2.45, 2.75) is 63.8 Å². The number of alkyl halides is 3. The van der Waals surface area contributed by atoms with Crippen molar-refractivity contribution in [3.63, 3.8) is 0 Å². The van der Waals surface area contributed by atoms with E-state index in [0.717, 1.165) is 29.5 Å². The molecule has 0 aliphatic heterocycles. The van der Waals surface area contributed by atoms with Crippen molar-refractivity contribution in [1.29, 1.82) is 0 Å². The quantitative estimate of drug-likeness (QED) is 0.143. The Kier molecular flexibility index (Phi) is 7.57. The number of allylic oxidation sites excluding steroid dienone is 2. The van der Waals surface area contributed by atoms with E-state index < -0.39 is 37.8 Å². The lowest BCUT2D eigenvalue weighted by Crippen LogP contribution is -2.26. The zero-order valence-electron chi connectivity index (χ0n) is 21.0. The monoisotopic (exact) mass is 552 g/mol. The summed E-state index contributed by atoms with van der Waals surface area (Å²) in [7, 11) is -4.51. The highest BCUT2D eigenvalue weighted by atomic mass is 32.2. The Bertz CT molecular complexity index is 1520. The van der Waals surface area contributed by atoms with E-state index in [9.17, 15) is 31.7 Å². The van der Waals surface area contributed by atoms with Crippen LogP contribution in [0.25, 0.3) is 10.9 Å². The molecule has 0 radical (unpaired) electrons. The SMILES string of the molecule is CCOc1ccc([N+](=O)[O-])c2c1c1c(n2CC=C(C)C)CCC(OS(=O)(=O)c2cccc(C(F)(F)F)c2)C1. The fraction of sp³-hybridized carbons (Fsp3) is 0.385. The smallest absolute Gasteiger partial charge is 0.416 e. The Morgan fingerprint density at radius 2 is 1.97 bits per heavy atom. The number of aromatic nitrogens is 1. The molecule has 0 bridgehead atoms. The van der Waals surface area contributed by atoms with Crippen molar-refractivity contribution in [3.05, 3.63) is 75.0 Å². The average Bonchev–Trinajstić information content (AvgIpc) is 3.16. The van der Waals surface area contributed by atoms with Gasteiger partial charge in [-0.15, -0.1) is 0 Å². The Morgan fingerprint density at radius 3 is 2.61 bits per heavy atom. The van der Waals surface area contributed by atoms with Gasteiger partial charge in [0.25, 0.3) is 15.8 Å². The van der Waals surface area contributed by atoms with Gasteiger partial charge in [0.15, 0.2) is 0 Å². The lowest BCUT2D eigenvalue weighted by Gasteiger charge is -2.24. The molecule has 1 aliphatic rings. The van der Waals surface area contributed by atoms with Crippen LogP contribution in [-0.2, 0) is 39.9 Å². The molecule has 38 heavy (non-hydrogen) atoms. The van der Waals surface area contributed by atoms with Crippen molar-refractivity contribution in [2.24, 2.45) is 0 Å². The fourth-order valence-electron chi connectivity index (χ4n) is 4.75. The van der Waals surface area contributed by atoms with Crippen molar-refractivity contribution in [2.75, 3.05) is 6.61 Å². The summed E-state index contributed by atoms with van der Waals surface area (Å²) in [6.45, 7) is 6.30. The second kappa shape index (κ2) is 10.4. The number of halogens is 3. The number of non-ortho nitro benzene ring substituents is 1. The number of fused-ring (bicyclic) bond motifs is 3. The molecule has 0 fully saturated rings. The minimum Gasteiger partial charge on any atom is -0.493 e. The highest BCUT2D eigenvalue weighted by Gasteiger charge is 2.35. The minimum atomic E-state index is -4.71. The van der Waals surface area contributed by atoms with Crippen LogP contribution in [0.2, 0.25) is 0 Å². The van der Waals surface area contributed by atoms with Gasteiger partial charge in [0.2, 0.25) is 0 Å². The topological polar surface area (TPSA) is 101 Å². The molecule has 3 aromatic rings. The first-order valence-electron chi connectivity index (χ1n) is 12.0. The second-order valence-electron chi connectivity index (χ2n) is 9.25. The number of ether oxygens (including phenoxy) is 1. The fourth-order valence-corrected chi connectivity index (χ4v) is 5.90. The number of rotatable bonds is 8. The molecule has 0 amide bonds. The molecule has 2 aromatic carbocycles. The number of nitro benzene ring substituents is 1. The maximum Gasteiger partial charge on any atom is 0.416 e. The highest BCUT2D eigenvalue weighted by Crippen LogP contribution is 2.43. The highest BCUT2D eigenvalue weighted by molar-refractivity contribution is 7.86. The van der Waals surface area contributed by atoms with E-state index in [-0.39, 0.29) is 18.5 Å². The predicted octanol–water partition coefficient (Wildman–Crippen LogP) is 6.20. The number of benzene rings is 2. The van der Waals surface area contributed by atoms with E-state index in [2.05, 4.69) is 0 Å². The van der Waals surface area contributed by atoms with Gasteiger partial charge in [0.05, 0.1) is 33.5 Å². The molecule has 204 valence electrons. The molecule has 0 saturated heterocycles. The third-order valence-corrected chi connectivity index (χ3v) is 7.75. The summed E-state index contributed by atoms with van der Waals surface area (Å²) in [6, 6.07) is 6.33. The van der Waals surface area contributed by atoms with Crippen molar-refractivity contribution in [3.8, 4) is 5.75 Å². The van der Waals surface area contributed by atoms with Crippen LogP contribution in [0.15, 0.2) is 52.9 Å². The second-order valence-corrected chi connectivity index (χ2v) is 10.8. The molecular weight excluding hydrogens is 525 g/mol. The zero-order chi connectivity index (χ0) is 27.8. The molecule has 4 rings (SSSR count). The molecule has 1 aromatic heterocycles. The van der Waals surface area contributed by atoms with Crippen LogP contribution in [-0.4, -0.2) is 30.6 Å². The van der Waals surface area contributed by atoms with Gasteiger partial charge in [0.1, 0.15) is 11.3 Å². The first-order chi connectivity index (χ1) is 17.8. The summed E-state index contributed by atoms with van der Waals surface area (Å²) in [5.74, 6) is 0.432. The number of hydrogen-bond acceptors (Lipinski definition) is 6. The van der Waals surface area contributed by atoms with Crippen LogP contribution in [0.4, 0.5) is 18.9 Å². The molecule has 1 aliphatic carbocycles. The van der Waals surface area contributed by atoms with Gasteiger partial charge < -0.3 is 9.30 Å². The van der Waals surface area contributed by atoms with E-state index in [0.29, 0.717) is 47.9 Å². The molecule has 1 atom stereocenters. The average molecular weight is 553 g/mol. The van der Waals surface area contributed by atoms with Crippen molar-refractivity contribution in [1.82, 2.24) is 4.57 Å². The third kappa shape index (κ3) is 5.41. The normalized spacial score (nSPS) is 15.8. The van der Waals surface area contributed by atoms with Gasteiger partial charge in [-0.05, 0) is 63.4 Å². The summed E-state index contributed by atoms with van der Waals surface area (Å²) in [5.41, 5.74) is 1.69.